The third-order valence-corrected chi connectivity index (χ3v) is 5.81. The first-order chi connectivity index (χ1) is 16.0. The number of ether oxygens (including phenoxy) is 1. The highest BCUT2D eigenvalue weighted by atomic mass is 16.5. The number of pyridine rings is 1. The molecule has 33 heavy (non-hydrogen) atoms. The molecule has 4 rings (SSSR count). The lowest BCUT2D eigenvalue weighted by Crippen LogP contribution is -2.55. The van der Waals surface area contributed by atoms with Gasteiger partial charge in [0.25, 0.3) is 0 Å². The number of fused-ring (bicyclic) bond motifs is 1. The summed E-state index contributed by atoms with van der Waals surface area (Å²) in [6.45, 7) is 1.68. The summed E-state index contributed by atoms with van der Waals surface area (Å²) in [6.07, 6.45) is 4.20. The summed E-state index contributed by atoms with van der Waals surface area (Å²) in [7, 11) is 0. The van der Waals surface area contributed by atoms with Crippen molar-refractivity contribution in [1.82, 2.24) is 29.4 Å². The average Bonchev–Trinajstić information content (AvgIpc) is 3.39. The van der Waals surface area contributed by atoms with Gasteiger partial charge in [-0.05, 0) is 18.1 Å². The molecule has 4 heterocycles. The van der Waals surface area contributed by atoms with Crippen molar-refractivity contribution in [3.63, 3.8) is 0 Å². The lowest BCUT2D eigenvalue weighted by Gasteiger charge is -2.35. The zero-order valence-electron chi connectivity index (χ0n) is 18.2. The lowest BCUT2D eigenvalue weighted by atomic mass is 10.0. The van der Waals surface area contributed by atoms with Crippen LogP contribution in [0.4, 0.5) is 5.82 Å². The number of nitrogens with two attached hydrogens (primary N) is 2. The molecule has 0 aromatic carbocycles. The Morgan fingerprint density at radius 2 is 2.18 bits per heavy atom. The topological polar surface area (TPSA) is 179 Å². The third kappa shape index (κ3) is 4.37. The third-order valence-electron chi connectivity index (χ3n) is 5.81. The largest absolute Gasteiger partial charge is 0.394 e. The highest BCUT2D eigenvalue weighted by Gasteiger charge is 2.49. The number of amides is 1. The van der Waals surface area contributed by atoms with Crippen LogP contribution in [0.2, 0.25) is 0 Å². The van der Waals surface area contributed by atoms with Gasteiger partial charge in [-0.15, -0.1) is 0 Å². The van der Waals surface area contributed by atoms with Crippen LogP contribution in [-0.4, -0.2) is 76.4 Å². The van der Waals surface area contributed by atoms with Gasteiger partial charge in [0, 0.05) is 18.9 Å². The van der Waals surface area contributed by atoms with E-state index in [-0.39, 0.29) is 18.3 Å². The zero-order valence-corrected chi connectivity index (χ0v) is 18.2. The fourth-order valence-electron chi connectivity index (χ4n) is 4.22. The van der Waals surface area contributed by atoms with Crippen molar-refractivity contribution >= 4 is 22.9 Å². The van der Waals surface area contributed by atoms with E-state index in [0.29, 0.717) is 17.6 Å². The van der Waals surface area contributed by atoms with Gasteiger partial charge in [-0.1, -0.05) is 19.4 Å². The molecule has 1 fully saturated rings. The van der Waals surface area contributed by atoms with E-state index < -0.39 is 37.1 Å². The molecule has 3 aromatic heterocycles. The fraction of sp³-hybridized carbons (Fsp3) is 0.476. The molecule has 1 amide bonds. The SMILES string of the molecule is CCCC(N)C(=O)N(Cc1cccnc1)C1[C@@H](CO)O[C@@H](n2cnc3c(N)ncnc32)[C@H]1O. The first-order valence-corrected chi connectivity index (χ1v) is 10.8. The minimum atomic E-state index is -1.20. The van der Waals surface area contributed by atoms with Crippen molar-refractivity contribution in [2.75, 3.05) is 12.3 Å². The van der Waals surface area contributed by atoms with Gasteiger partial charge in [0.15, 0.2) is 17.7 Å². The number of hydrogen-bond acceptors (Lipinski definition) is 10. The van der Waals surface area contributed by atoms with Gasteiger partial charge < -0.3 is 31.3 Å². The fourth-order valence-corrected chi connectivity index (χ4v) is 4.22. The van der Waals surface area contributed by atoms with E-state index in [9.17, 15) is 15.0 Å². The molecule has 1 aliphatic rings. The van der Waals surface area contributed by atoms with Crippen LogP contribution in [0.5, 0.6) is 0 Å². The molecule has 0 saturated carbocycles. The number of anilines is 1. The molecule has 6 N–H and O–H groups in total. The standard InChI is InChI=1S/C21H28N8O4/c1-2-4-13(22)20(32)28(8-12-5-3-6-24-7-12)16-14(9-30)33-21(17(16)31)29-11-27-15-18(23)25-10-26-19(15)29/h3,5-7,10-11,13-14,16-17,21,30-31H,2,4,8-9,22H2,1H3,(H2,23,25,26)/t13?,14-,16?,17+,21-/m1/s1. The zero-order chi connectivity index (χ0) is 23.5. The molecular weight excluding hydrogens is 428 g/mol. The maximum atomic E-state index is 13.4. The minimum Gasteiger partial charge on any atom is -0.394 e. The number of aliphatic hydroxyl groups excluding tert-OH is 2. The molecule has 0 bridgehead atoms. The Bertz CT molecular complexity index is 1090. The second-order valence-electron chi connectivity index (χ2n) is 8.03. The number of carbonyl (C=O) groups excluding carboxylic acids is 1. The number of rotatable bonds is 8. The molecule has 12 heteroatoms. The van der Waals surface area contributed by atoms with Gasteiger partial charge in [-0.3, -0.25) is 14.3 Å². The van der Waals surface area contributed by atoms with E-state index in [1.807, 2.05) is 13.0 Å². The number of imidazole rings is 1. The Kier molecular flexibility index (Phi) is 6.79. The van der Waals surface area contributed by atoms with Gasteiger partial charge in [0.05, 0.1) is 25.0 Å². The van der Waals surface area contributed by atoms with E-state index in [1.54, 1.807) is 18.5 Å². The summed E-state index contributed by atoms with van der Waals surface area (Å²) >= 11 is 0. The molecule has 176 valence electrons. The molecule has 1 aliphatic heterocycles. The first-order valence-electron chi connectivity index (χ1n) is 10.8. The quantitative estimate of drug-likeness (QED) is 0.348. The summed E-state index contributed by atoms with van der Waals surface area (Å²) in [5.74, 6) is -0.144. The Morgan fingerprint density at radius 1 is 1.36 bits per heavy atom. The average molecular weight is 457 g/mol. The molecule has 3 aromatic rings. The van der Waals surface area contributed by atoms with Crippen LogP contribution in [0, 0.1) is 0 Å². The number of carbonyl (C=O) groups is 1. The lowest BCUT2D eigenvalue weighted by molar-refractivity contribution is -0.139. The maximum absolute atomic E-state index is 13.4. The molecule has 0 radical (unpaired) electrons. The summed E-state index contributed by atoms with van der Waals surface area (Å²) in [4.78, 5) is 31.3. The van der Waals surface area contributed by atoms with Crippen LogP contribution < -0.4 is 11.5 Å². The van der Waals surface area contributed by atoms with Gasteiger partial charge >= 0.3 is 0 Å². The van der Waals surface area contributed by atoms with E-state index >= 15 is 0 Å². The molecule has 5 atom stereocenters. The second-order valence-corrected chi connectivity index (χ2v) is 8.03. The van der Waals surface area contributed by atoms with Crippen molar-refractivity contribution in [2.45, 2.75) is 56.8 Å². The number of nitrogens with zero attached hydrogens (tertiary/aromatic N) is 6. The highest BCUT2D eigenvalue weighted by molar-refractivity contribution is 5.82. The smallest absolute Gasteiger partial charge is 0.240 e. The molecule has 0 spiro atoms. The predicted molar refractivity (Wildman–Crippen MR) is 118 cm³/mol. The van der Waals surface area contributed by atoms with Gasteiger partial charge in [-0.25, -0.2) is 15.0 Å². The van der Waals surface area contributed by atoms with Gasteiger partial charge in [-0.2, -0.15) is 0 Å². The maximum Gasteiger partial charge on any atom is 0.240 e. The van der Waals surface area contributed by atoms with Crippen molar-refractivity contribution in [3.05, 3.63) is 42.7 Å². The van der Waals surface area contributed by atoms with E-state index in [4.69, 9.17) is 16.2 Å². The van der Waals surface area contributed by atoms with Crippen molar-refractivity contribution in [1.29, 1.82) is 0 Å². The van der Waals surface area contributed by atoms with E-state index in [1.165, 1.54) is 22.1 Å². The molecule has 0 aliphatic carbocycles. The monoisotopic (exact) mass is 456 g/mol. The minimum absolute atomic E-state index is 0.151. The second kappa shape index (κ2) is 9.75. The molecule has 1 saturated heterocycles. The van der Waals surface area contributed by atoms with Crippen molar-refractivity contribution < 1.29 is 19.7 Å². The Balaban J connectivity index is 1.70. The van der Waals surface area contributed by atoms with Crippen LogP contribution in [0.25, 0.3) is 11.2 Å². The van der Waals surface area contributed by atoms with Crippen LogP contribution in [0.3, 0.4) is 0 Å². The summed E-state index contributed by atoms with van der Waals surface area (Å²) < 4.78 is 7.53. The summed E-state index contributed by atoms with van der Waals surface area (Å²) in [6, 6.07) is 1.97. The number of aliphatic hydroxyl groups is 2. The van der Waals surface area contributed by atoms with Gasteiger partial charge in [0.2, 0.25) is 5.91 Å². The van der Waals surface area contributed by atoms with Gasteiger partial charge in [0.1, 0.15) is 24.1 Å². The highest BCUT2D eigenvalue weighted by Crippen LogP contribution is 2.35. The number of nitrogen functional groups attached to an aromatic ring is 1. The van der Waals surface area contributed by atoms with E-state index in [2.05, 4.69) is 19.9 Å². The number of hydrogen-bond donors (Lipinski definition) is 4. The Labute approximate surface area is 190 Å². The van der Waals surface area contributed by atoms with Crippen LogP contribution in [0.15, 0.2) is 37.2 Å². The van der Waals surface area contributed by atoms with Crippen LogP contribution >= 0.6 is 0 Å². The first kappa shape index (κ1) is 23.0. The van der Waals surface area contributed by atoms with E-state index in [0.717, 1.165) is 12.0 Å². The molecular formula is C21H28N8O4. The number of aromatic nitrogens is 5. The molecule has 12 nitrogen and oxygen atoms in total. The van der Waals surface area contributed by atoms with Crippen LogP contribution in [0.1, 0.15) is 31.6 Å². The molecule has 2 unspecified atom stereocenters. The van der Waals surface area contributed by atoms with Crippen molar-refractivity contribution in [3.8, 4) is 0 Å². The summed E-state index contributed by atoms with van der Waals surface area (Å²) in [5, 5.41) is 21.4. The Morgan fingerprint density at radius 3 is 2.88 bits per heavy atom. The van der Waals surface area contributed by atoms with Crippen molar-refractivity contribution in [2.24, 2.45) is 5.73 Å². The van der Waals surface area contributed by atoms with Crippen LogP contribution in [-0.2, 0) is 16.1 Å². The predicted octanol–water partition coefficient (Wildman–Crippen LogP) is -0.421. The normalized spacial score (nSPS) is 23.6. The Hall–Kier alpha value is -3.19. The summed E-state index contributed by atoms with van der Waals surface area (Å²) in [5.41, 5.74) is 13.5.